The molecule has 0 aromatic heterocycles. The fourth-order valence-electron chi connectivity index (χ4n) is 2.94. The molecule has 0 fully saturated rings. The van der Waals surface area contributed by atoms with Crippen molar-refractivity contribution >= 4 is 35.6 Å². The van der Waals surface area contributed by atoms with Gasteiger partial charge in [0.05, 0.1) is 5.92 Å². The van der Waals surface area contributed by atoms with Gasteiger partial charge in [-0.1, -0.05) is 54.9 Å². The Kier molecular flexibility index (Phi) is 5.69. The zero-order valence-electron chi connectivity index (χ0n) is 12.9. The number of hydrogen-bond donors (Lipinski definition) is 1. The second-order valence-electron chi connectivity index (χ2n) is 5.74. The van der Waals surface area contributed by atoms with Crippen molar-refractivity contribution in [1.29, 1.82) is 0 Å². The summed E-state index contributed by atoms with van der Waals surface area (Å²) >= 11 is 6.07. The number of carbonyl (C=O) groups excluding carboxylic acids is 1. The minimum atomic E-state index is -0.308. The van der Waals surface area contributed by atoms with Gasteiger partial charge in [0.15, 0.2) is 0 Å². The molecule has 0 aliphatic carbocycles. The van der Waals surface area contributed by atoms with Crippen molar-refractivity contribution < 1.29 is 4.79 Å². The van der Waals surface area contributed by atoms with Crippen molar-refractivity contribution in [3.05, 3.63) is 64.7 Å². The third kappa shape index (κ3) is 3.52. The number of hydrogen-bond acceptors (Lipinski definition) is 2. The number of halogens is 2. The van der Waals surface area contributed by atoms with E-state index in [4.69, 9.17) is 17.3 Å². The van der Waals surface area contributed by atoms with Gasteiger partial charge >= 0.3 is 0 Å². The molecule has 2 aromatic rings. The van der Waals surface area contributed by atoms with Gasteiger partial charge < -0.3 is 10.6 Å². The van der Waals surface area contributed by atoms with Crippen LogP contribution in [0.1, 0.15) is 24.1 Å². The van der Waals surface area contributed by atoms with Gasteiger partial charge in [0.2, 0.25) is 5.91 Å². The monoisotopic (exact) mass is 350 g/mol. The third-order valence-electron chi connectivity index (χ3n) is 4.32. The summed E-state index contributed by atoms with van der Waals surface area (Å²) in [4.78, 5) is 14.7. The predicted molar refractivity (Wildman–Crippen MR) is 97.3 cm³/mol. The number of nitrogens with zero attached hydrogens (tertiary/aromatic N) is 1. The van der Waals surface area contributed by atoms with E-state index in [-0.39, 0.29) is 30.3 Å². The molecule has 23 heavy (non-hydrogen) atoms. The van der Waals surface area contributed by atoms with Crippen LogP contribution in [-0.4, -0.2) is 12.5 Å². The number of benzene rings is 2. The van der Waals surface area contributed by atoms with Crippen LogP contribution in [0, 0.1) is 5.92 Å². The largest absolute Gasteiger partial charge is 0.323 e. The molecule has 3 nitrogen and oxygen atoms in total. The lowest BCUT2D eigenvalue weighted by Gasteiger charge is -2.26. The van der Waals surface area contributed by atoms with Gasteiger partial charge in [0.25, 0.3) is 0 Å². The molecule has 0 bridgehead atoms. The third-order valence-corrected chi connectivity index (χ3v) is 4.56. The molecule has 2 N–H and O–H groups in total. The second kappa shape index (κ2) is 7.35. The van der Waals surface area contributed by atoms with E-state index < -0.39 is 0 Å². The Morgan fingerprint density at radius 2 is 1.91 bits per heavy atom. The molecule has 3 rings (SSSR count). The summed E-state index contributed by atoms with van der Waals surface area (Å²) in [7, 11) is 0. The highest BCUT2D eigenvalue weighted by Gasteiger charge is 2.31. The number of rotatable bonds is 3. The standard InChI is InChI=1S/C18H19ClN2O.ClH/c1-12(17(20)14-5-3-2-4-6-14)18(22)21-10-9-13-7-8-15(19)11-16(13)21;/h2-8,11-12,17H,9-10,20H2,1H3;1H. The Bertz CT molecular complexity index is 691. The molecule has 1 heterocycles. The molecule has 2 aromatic carbocycles. The van der Waals surface area contributed by atoms with Crippen LogP contribution in [-0.2, 0) is 11.2 Å². The van der Waals surface area contributed by atoms with Gasteiger partial charge in [0.1, 0.15) is 0 Å². The molecule has 2 unspecified atom stereocenters. The van der Waals surface area contributed by atoms with Crippen molar-refractivity contribution in [2.24, 2.45) is 11.7 Å². The van der Waals surface area contributed by atoms with Crippen molar-refractivity contribution in [2.45, 2.75) is 19.4 Å². The van der Waals surface area contributed by atoms with Crippen LogP contribution in [0.15, 0.2) is 48.5 Å². The average molecular weight is 351 g/mol. The molecule has 0 saturated carbocycles. The molecule has 5 heteroatoms. The number of fused-ring (bicyclic) bond motifs is 1. The van der Waals surface area contributed by atoms with Crippen molar-refractivity contribution in [2.75, 3.05) is 11.4 Å². The van der Waals surface area contributed by atoms with E-state index in [9.17, 15) is 4.79 Å². The van der Waals surface area contributed by atoms with Gasteiger partial charge in [-0.15, -0.1) is 12.4 Å². The summed E-state index contributed by atoms with van der Waals surface area (Å²) < 4.78 is 0. The average Bonchev–Trinajstić information content (AvgIpc) is 2.96. The quantitative estimate of drug-likeness (QED) is 0.909. The topological polar surface area (TPSA) is 46.3 Å². The Hall–Kier alpha value is -1.55. The zero-order valence-corrected chi connectivity index (χ0v) is 14.5. The number of anilines is 1. The minimum absolute atomic E-state index is 0. The number of carbonyl (C=O) groups is 1. The minimum Gasteiger partial charge on any atom is -0.323 e. The van der Waals surface area contributed by atoms with Crippen molar-refractivity contribution in [3.8, 4) is 0 Å². The lowest BCUT2D eigenvalue weighted by Crippen LogP contribution is -2.38. The Labute approximate surface area is 147 Å². The fourth-order valence-corrected chi connectivity index (χ4v) is 3.11. The first-order valence-electron chi connectivity index (χ1n) is 7.48. The van der Waals surface area contributed by atoms with Gasteiger partial charge in [-0.2, -0.15) is 0 Å². The highest BCUT2D eigenvalue weighted by atomic mass is 35.5. The number of nitrogens with two attached hydrogens (primary N) is 1. The highest BCUT2D eigenvalue weighted by Crippen LogP contribution is 2.33. The van der Waals surface area contributed by atoms with Crippen LogP contribution in [0.5, 0.6) is 0 Å². The van der Waals surface area contributed by atoms with Gasteiger partial charge in [-0.05, 0) is 29.7 Å². The van der Waals surface area contributed by atoms with Gasteiger partial charge in [0, 0.05) is 23.3 Å². The Morgan fingerprint density at radius 3 is 2.61 bits per heavy atom. The molecule has 1 aliphatic heterocycles. The molecule has 0 radical (unpaired) electrons. The molecule has 1 aliphatic rings. The first-order chi connectivity index (χ1) is 10.6. The molecular formula is C18H20Cl2N2O. The summed E-state index contributed by atoms with van der Waals surface area (Å²) in [6.45, 7) is 2.59. The van der Waals surface area contributed by atoms with E-state index in [1.807, 2.05) is 60.4 Å². The highest BCUT2D eigenvalue weighted by molar-refractivity contribution is 6.31. The van der Waals surface area contributed by atoms with Gasteiger partial charge in [-0.3, -0.25) is 4.79 Å². The van der Waals surface area contributed by atoms with E-state index in [0.717, 1.165) is 17.7 Å². The molecular weight excluding hydrogens is 331 g/mol. The maximum absolute atomic E-state index is 12.8. The fraction of sp³-hybridized carbons (Fsp3) is 0.278. The first kappa shape index (κ1) is 17.8. The van der Waals surface area contributed by atoms with E-state index >= 15 is 0 Å². The smallest absolute Gasteiger partial charge is 0.231 e. The summed E-state index contributed by atoms with van der Waals surface area (Å²) in [5.74, 6) is -0.232. The molecule has 0 saturated heterocycles. The molecule has 1 amide bonds. The van der Waals surface area contributed by atoms with Crippen LogP contribution in [0.4, 0.5) is 5.69 Å². The first-order valence-corrected chi connectivity index (χ1v) is 7.86. The summed E-state index contributed by atoms with van der Waals surface area (Å²) in [5.41, 5.74) is 9.35. The maximum atomic E-state index is 12.8. The van der Waals surface area contributed by atoms with Crippen LogP contribution in [0.25, 0.3) is 0 Å². The van der Waals surface area contributed by atoms with E-state index in [2.05, 4.69) is 0 Å². The SMILES string of the molecule is CC(C(=O)N1CCc2ccc(Cl)cc21)C(N)c1ccccc1.Cl. The van der Waals surface area contributed by atoms with Crippen molar-refractivity contribution in [1.82, 2.24) is 0 Å². The second-order valence-corrected chi connectivity index (χ2v) is 6.17. The van der Waals surface area contributed by atoms with Crippen molar-refractivity contribution in [3.63, 3.8) is 0 Å². The lowest BCUT2D eigenvalue weighted by atomic mass is 9.94. The Morgan fingerprint density at radius 1 is 1.22 bits per heavy atom. The predicted octanol–water partition coefficient (Wildman–Crippen LogP) is 3.99. The summed E-state index contributed by atoms with van der Waals surface area (Å²) in [6.07, 6.45) is 0.867. The molecule has 0 spiro atoms. The molecule has 122 valence electrons. The van der Waals surface area contributed by atoms with E-state index in [0.29, 0.717) is 11.6 Å². The number of amides is 1. The normalized spacial score (nSPS) is 15.5. The van der Waals surface area contributed by atoms with Crippen LogP contribution >= 0.6 is 24.0 Å². The Balaban J connectivity index is 0.00000192. The van der Waals surface area contributed by atoms with E-state index in [1.165, 1.54) is 5.56 Å². The van der Waals surface area contributed by atoms with Crippen LogP contribution < -0.4 is 10.6 Å². The zero-order chi connectivity index (χ0) is 15.7. The van der Waals surface area contributed by atoms with Crippen LogP contribution in [0.2, 0.25) is 5.02 Å². The van der Waals surface area contributed by atoms with Crippen LogP contribution in [0.3, 0.4) is 0 Å². The van der Waals surface area contributed by atoms with Gasteiger partial charge in [-0.25, -0.2) is 0 Å². The summed E-state index contributed by atoms with van der Waals surface area (Å²) in [6, 6.07) is 15.2. The maximum Gasteiger partial charge on any atom is 0.231 e. The lowest BCUT2D eigenvalue weighted by molar-refractivity contribution is -0.122. The van der Waals surface area contributed by atoms with E-state index in [1.54, 1.807) is 0 Å². The molecule has 2 atom stereocenters. The summed E-state index contributed by atoms with van der Waals surface area (Å²) in [5, 5.41) is 0.651.